The highest BCUT2D eigenvalue weighted by Gasteiger charge is 2.17. The molecule has 0 aliphatic carbocycles. The lowest BCUT2D eigenvalue weighted by Gasteiger charge is -2.11. The van der Waals surface area contributed by atoms with Gasteiger partial charge in [-0.2, -0.15) is 0 Å². The molecule has 1 heterocycles. The predicted octanol–water partition coefficient (Wildman–Crippen LogP) is 6.16. The van der Waals surface area contributed by atoms with Crippen LogP contribution < -0.4 is 0 Å². The van der Waals surface area contributed by atoms with Gasteiger partial charge in [0.25, 0.3) is 0 Å². The van der Waals surface area contributed by atoms with Crippen molar-refractivity contribution in [2.24, 2.45) is 0 Å². The van der Waals surface area contributed by atoms with E-state index in [0.717, 1.165) is 21.0 Å². The van der Waals surface area contributed by atoms with Crippen molar-refractivity contribution in [3.63, 3.8) is 0 Å². The molecule has 1 atom stereocenters. The number of aryl methyl sites for hydroxylation is 1. The van der Waals surface area contributed by atoms with Crippen molar-refractivity contribution in [1.29, 1.82) is 0 Å². The molecule has 1 aromatic carbocycles. The van der Waals surface area contributed by atoms with Crippen molar-refractivity contribution in [2.45, 2.75) is 32.1 Å². The quantitative estimate of drug-likeness (QED) is 0.595. The molecule has 0 spiro atoms. The van der Waals surface area contributed by atoms with Crippen molar-refractivity contribution >= 4 is 34.5 Å². The summed E-state index contributed by atoms with van der Waals surface area (Å²) in [5.74, 6) is 0.542. The number of alkyl halides is 1. The maximum Gasteiger partial charge on any atom is 0.0942 e. The van der Waals surface area contributed by atoms with Gasteiger partial charge in [-0.05, 0) is 34.9 Å². The van der Waals surface area contributed by atoms with Gasteiger partial charge in [0, 0.05) is 4.88 Å². The number of hydrogen-bond donors (Lipinski definition) is 0. The molecule has 1 unspecified atom stereocenters. The maximum atomic E-state index is 6.51. The highest BCUT2D eigenvalue weighted by atomic mass is 35.5. The van der Waals surface area contributed by atoms with Crippen LogP contribution in [-0.2, 0) is 0 Å². The van der Waals surface area contributed by atoms with E-state index in [2.05, 4.69) is 43.5 Å². The van der Waals surface area contributed by atoms with Crippen molar-refractivity contribution in [1.82, 2.24) is 0 Å². The number of halogens is 2. The molecule has 0 N–H and O–H groups in total. The summed E-state index contributed by atoms with van der Waals surface area (Å²) in [5, 5.41) is 2.69. The van der Waals surface area contributed by atoms with Gasteiger partial charge in [-0.15, -0.1) is 22.9 Å². The fraction of sp³-hybridized carbons (Fsp3) is 0.333. The second kappa shape index (κ2) is 5.64. The maximum absolute atomic E-state index is 6.51. The molecule has 2 aromatic rings. The van der Waals surface area contributed by atoms with Crippen molar-refractivity contribution in [3.05, 3.63) is 56.2 Å². The van der Waals surface area contributed by atoms with Crippen LogP contribution in [0, 0.1) is 6.92 Å². The molecule has 1 aromatic heterocycles. The minimum absolute atomic E-state index is 0.155. The fourth-order valence-corrected chi connectivity index (χ4v) is 3.59. The van der Waals surface area contributed by atoms with E-state index < -0.39 is 0 Å². The van der Waals surface area contributed by atoms with Gasteiger partial charge in [-0.3, -0.25) is 0 Å². The first-order valence-corrected chi connectivity index (χ1v) is 7.67. The van der Waals surface area contributed by atoms with Gasteiger partial charge in [-0.25, -0.2) is 0 Å². The molecule has 0 radical (unpaired) electrons. The van der Waals surface area contributed by atoms with Crippen LogP contribution in [0.3, 0.4) is 0 Å². The third kappa shape index (κ3) is 2.74. The Hall–Kier alpha value is -0.500. The molecule has 0 amide bonds. The third-order valence-electron chi connectivity index (χ3n) is 3.05. The highest BCUT2D eigenvalue weighted by Crippen LogP contribution is 2.39. The van der Waals surface area contributed by atoms with Crippen LogP contribution in [0.15, 0.2) is 29.6 Å². The minimum Gasteiger partial charge on any atom is -0.145 e. The van der Waals surface area contributed by atoms with Crippen LogP contribution in [0.4, 0.5) is 0 Å². The smallest absolute Gasteiger partial charge is 0.0942 e. The van der Waals surface area contributed by atoms with Crippen molar-refractivity contribution in [2.75, 3.05) is 0 Å². The molecular formula is C15H16Cl2S. The summed E-state index contributed by atoms with van der Waals surface area (Å²) in [7, 11) is 0. The van der Waals surface area contributed by atoms with Crippen LogP contribution >= 0.6 is 34.5 Å². The molecule has 0 bridgehead atoms. The van der Waals surface area contributed by atoms with E-state index in [0.29, 0.717) is 5.92 Å². The Balaban J connectivity index is 2.29. The standard InChI is InChI=1S/C15H16Cl2S/c1-9(2)11-4-6-12(7-5-11)14(17)15-13(16)10(3)8-18-15/h4-9,14H,1-3H3. The molecule has 0 nitrogen and oxygen atoms in total. The van der Waals surface area contributed by atoms with E-state index in [-0.39, 0.29) is 5.38 Å². The summed E-state index contributed by atoms with van der Waals surface area (Å²) in [5.41, 5.74) is 3.53. The molecule has 96 valence electrons. The van der Waals surface area contributed by atoms with Crippen molar-refractivity contribution in [3.8, 4) is 0 Å². The molecule has 0 aliphatic heterocycles. The number of benzene rings is 1. The molecule has 0 saturated heterocycles. The van der Waals surface area contributed by atoms with Gasteiger partial charge in [-0.1, -0.05) is 49.7 Å². The molecule has 2 rings (SSSR count). The van der Waals surface area contributed by atoms with Gasteiger partial charge in [0.2, 0.25) is 0 Å². The van der Waals surface area contributed by atoms with E-state index >= 15 is 0 Å². The summed E-state index contributed by atoms with van der Waals surface area (Å²) in [4.78, 5) is 1.04. The average molecular weight is 299 g/mol. The average Bonchev–Trinajstić information content (AvgIpc) is 2.69. The second-order valence-corrected chi connectivity index (χ2v) is 6.51. The van der Waals surface area contributed by atoms with Gasteiger partial charge in [0.15, 0.2) is 0 Å². The van der Waals surface area contributed by atoms with Crippen LogP contribution in [0.2, 0.25) is 5.02 Å². The lowest BCUT2D eigenvalue weighted by molar-refractivity contribution is 0.865. The third-order valence-corrected chi connectivity index (χ3v) is 5.43. The van der Waals surface area contributed by atoms with Gasteiger partial charge >= 0.3 is 0 Å². The Bertz CT molecular complexity index is 526. The first kappa shape index (κ1) is 13.9. The first-order valence-electron chi connectivity index (χ1n) is 5.98. The fourth-order valence-electron chi connectivity index (χ4n) is 1.82. The van der Waals surface area contributed by atoms with Gasteiger partial charge < -0.3 is 0 Å². The summed E-state index contributed by atoms with van der Waals surface area (Å²) in [6, 6.07) is 8.48. The van der Waals surface area contributed by atoms with Crippen LogP contribution in [0.1, 0.15) is 46.7 Å². The van der Waals surface area contributed by atoms with Gasteiger partial charge in [0.1, 0.15) is 0 Å². The lowest BCUT2D eigenvalue weighted by atomic mass is 10.0. The number of hydrogen-bond acceptors (Lipinski definition) is 1. The molecule has 18 heavy (non-hydrogen) atoms. The van der Waals surface area contributed by atoms with E-state index in [1.54, 1.807) is 11.3 Å². The molecule has 0 fully saturated rings. The van der Waals surface area contributed by atoms with Gasteiger partial charge in [0.05, 0.1) is 10.4 Å². The zero-order chi connectivity index (χ0) is 13.3. The Kier molecular flexibility index (Phi) is 4.37. The first-order chi connectivity index (χ1) is 8.50. The van der Waals surface area contributed by atoms with Crippen molar-refractivity contribution < 1.29 is 0 Å². The topological polar surface area (TPSA) is 0 Å². The Morgan fingerprint density at radius 2 is 1.61 bits per heavy atom. The summed E-state index contributed by atoms with van der Waals surface area (Å²) in [6.45, 7) is 6.38. The minimum atomic E-state index is -0.155. The summed E-state index contributed by atoms with van der Waals surface area (Å²) >= 11 is 14.4. The van der Waals surface area contributed by atoms with E-state index in [1.165, 1.54) is 5.56 Å². The summed E-state index contributed by atoms with van der Waals surface area (Å²) in [6.07, 6.45) is 0. The largest absolute Gasteiger partial charge is 0.145 e. The second-order valence-electron chi connectivity index (χ2n) is 4.78. The monoisotopic (exact) mass is 298 g/mol. The Morgan fingerprint density at radius 1 is 1.06 bits per heavy atom. The Morgan fingerprint density at radius 3 is 2.06 bits per heavy atom. The van der Waals surface area contributed by atoms with E-state index in [1.807, 2.05) is 6.92 Å². The normalized spacial score (nSPS) is 13.0. The Labute approximate surface area is 123 Å². The molecular weight excluding hydrogens is 283 g/mol. The van der Waals surface area contributed by atoms with Crippen LogP contribution in [-0.4, -0.2) is 0 Å². The van der Waals surface area contributed by atoms with E-state index in [9.17, 15) is 0 Å². The predicted molar refractivity (Wildman–Crippen MR) is 82.3 cm³/mol. The number of thiophene rings is 1. The molecule has 0 aliphatic rings. The SMILES string of the molecule is Cc1csc(C(Cl)c2ccc(C(C)C)cc2)c1Cl. The number of rotatable bonds is 3. The zero-order valence-electron chi connectivity index (χ0n) is 10.7. The van der Waals surface area contributed by atoms with Crippen LogP contribution in [0.25, 0.3) is 0 Å². The zero-order valence-corrected chi connectivity index (χ0v) is 13.0. The highest BCUT2D eigenvalue weighted by molar-refractivity contribution is 7.11. The molecule has 0 saturated carbocycles. The van der Waals surface area contributed by atoms with E-state index in [4.69, 9.17) is 23.2 Å². The lowest BCUT2D eigenvalue weighted by Crippen LogP contribution is -1.93. The van der Waals surface area contributed by atoms with Crippen LogP contribution in [0.5, 0.6) is 0 Å². The summed E-state index contributed by atoms with van der Waals surface area (Å²) < 4.78 is 0. The molecule has 3 heteroatoms.